The number of hydrogen-bond donors (Lipinski definition) is 1. The van der Waals surface area contributed by atoms with Crippen LogP contribution in [-0.2, 0) is 19.4 Å². The van der Waals surface area contributed by atoms with Gasteiger partial charge >= 0.3 is 0 Å². The third kappa shape index (κ3) is 3.36. The molecule has 0 saturated heterocycles. The highest BCUT2D eigenvalue weighted by Gasteiger charge is 2.19. The van der Waals surface area contributed by atoms with Crippen molar-refractivity contribution in [1.29, 1.82) is 0 Å². The molecule has 26 heavy (non-hydrogen) atoms. The van der Waals surface area contributed by atoms with Crippen LogP contribution in [-0.4, -0.2) is 22.0 Å². The van der Waals surface area contributed by atoms with Gasteiger partial charge in [0.1, 0.15) is 5.82 Å². The zero-order valence-corrected chi connectivity index (χ0v) is 15.5. The second-order valence-corrected chi connectivity index (χ2v) is 7.47. The van der Waals surface area contributed by atoms with E-state index in [1.54, 1.807) is 0 Å². The smallest absolute Gasteiger partial charge is 0.251 e. The molecule has 0 saturated carbocycles. The Kier molecular flexibility index (Phi) is 4.49. The standard InChI is InChI=1S/C22H25N3O/c1-15-3-5-17(6-4-15)9-11-23-22(26)18-7-8-20-19(14-18)24-21-13-16(2)10-12-25(20)21/h3-8,14,16H,9-13H2,1-2H3,(H,23,26)/t16-/m0/s1. The van der Waals surface area contributed by atoms with Gasteiger partial charge in [0, 0.05) is 25.1 Å². The normalized spacial score (nSPS) is 16.5. The van der Waals surface area contributed by atoms with Gasteiger partial charge in [-0.3, -0.25) is 4.79 Å². The van der Waals surface area contributed by atoms with Gasteiger partial charge in [-0.15, -0.1) is 0 Å². The number of aromatic nitrogens is 2. The first-order valence-electron chi connectivity index (χ1n) is 9.43. The lowest BCUT2D eigenvalue weighted by molar-refractivity contribution is 0.0954. The van der Waals surface area contributed by atoms with Gasteiger partial charge in [-0.1, -0.05) is 36.8 Å². The Labute approximate surface area is 154 Å². The molecular weight excluding hydrogens is 322 g/mol. The van der Waals surface area contributed by atoms with Gasteiger partial charge in [-0.25, -0.2) is 4.98 Å². The Balaban J connectivity index is 1.44. The number of imidazole rings is 1. The van der Waals surface area contributed by atoms with Gasteiger partial charge in [0.2, 0.25) is 0 Å². The molecule has 134 valence electrons. The molecule has 1 N–H and O–H groups in total. The van der Waals surface area contributed by atoms with Crippen LogP contribution in [0.3, 0.4) is 0 Å². The average molecular weight is 347 g/mol. The van der Waals surface area contributed by atoms with Crippen molar-refractivity contribution in [1.82, 2.24) is 14.9 Å². The van der Waals surface area contributed by atoms with Crippen molar-refractivity contribution in [2.24, 2.45) is 5.92 Å². The molecule has 2 heterocycles. The van der Waals surface area contributed by atoms with E-state index in [4.69, 9.17) is 4.98 Å². The Morgan fingerprint density at radius 3 is 2.85 bits per heavy atom. The van der Waals surface area contributed by atoms with Crippen molar-refractivity contribution >= 4 is 16.9 Å². The first-order valence-corrected chi connectivity index (χ1v) is 9.43. The lowest BCUT2D eigenvalue weighted by atomic mass is 10.0. The van der Waals surface area contributed by atoms with Crippen molar-refractivity contribution in [2.45, 2.75) is 39.7 Å². The lowest BCUT2D eigenvalue weighted by Gasteiger charge is -2.19. The highest BCUT2D eigenvalue weighted by Crippen LogP contribution is 2.25. The van der Waals surface area contributed by atoms with Gasteiger partial charge in [0.15, 0.2) is 0 Å². The second-order valence-electron chi connectivity index (χ2n) is 7.47. The number of carbonyl (C=O) groups excluding carboxylic acids is 1. The highest BCUT2D eigenvalue weighted by atomic mass is 16.1. The van der Waals surface area contributed by atoms with Gasteiger partial charge in [-0.05, 0) is 49.4 Å². The van der Waals surface area contributed by atoms with E-state index in [9.17, 15) is 4.79 Å². The molecule has 4 rings (SSSR count). The van der Waals surface area contributed by atoms with Crippen molar-refractivity contribution in [3.8, 4) is 0 Å². The number of hydrogen-bond acceptors (Lipinski definition) is 2. The molecule has 4 heteroatoms. The Hall–Kier alpha value is -2.62. The third-order valence-corrected chi connectivity index (χ3v) is 5.29. The fourth-order valence-electron chi connectivity index (χ4n) is 3.67. The van der Waals surface area contributed by atoms with Gasteiger partial charge in [0.25, 0.3) is 5.91 Å². The van der Waals surface area contributed by atoms with Crippen LogP contribution in [0.2, 0.25) is 0 Å². The third-order valence-electron chi connectivity index (χ3n) is 5.29. The predicted octanol–water partition coefficient (Wildman–Crippen LogP) is 3.90. The summed E-state index contributed by atoms with van der Waals surface area (Å²) < 4.78 is 2.30. The summed E-state index contributed by atoms with van der Waals surface area (Å²) in [5.41, 5.74) is 5.25. The number of aryl methyl sites for hydroxylation is 2. The summed E-state index contributed by atoms with van der Waals surface area (Å²) in [6.45, 7) is 6.01. The number of nitrogens with zero attached hydrogens (tertiary/aromatic N) is 2. The molecule has 4 nitrogen and oxygen atoms in total. The number of carbonyl (C=O) groups is 1. The summed E-state index contributed by atoms with van der Waals surface area (Å²) in [4.78, 5) is 17.2. The highest BCUT2D eigenvalue weighted by molar-refractivity contribution is 5.97. The minimum absolute atomic E-state index is 0.0293. The van der Waals surface area contributed by atoms with Crippen molar-refractivity contribution in [2.75, 3.05) is 6.54 Å². The Morgan fingerprint density at radius 2 is 2.04 bits per heavy atom. The molecule has 0 fully saturated rings. The van der Waals surface area contributed by atoms with Crippen LogP contribution in [0.15, 0.2) is 42.5 Å². The molecule has 0 bridgehead atoms. The fraction of sp³-hybridized carbons (Fsp3) is 0.364. The molecule has 1 aliphatic rings. The summed E-state index contributed by atoms with van der Waals surface area (Å²) in [5, 5.41) is 3.02. The van der Waals surface area contributed by atoms with E-state index in [1.807, 2.05) is 18.2 Å². The lowest BCUT2D eigenvalue weighted by Crippen LogP contribution is -2.25. The summed E-state index contributed by atoms with van der Waals surface area (Å²) in [6.07, 6.45) is 3.05. The summed E-state index contributed by atoms with van der Waals surface area (Å²) in [7, 11) is 0. The maximum absolute atomic E-state index is 12.5. The number of benzene rings is 2. The van der Waals surface area contributed by atoms with E-state index in [1.165, 1.54) is 17.5 Å². The van der Waals surface area contributed by atoms with Crippen molar-refractivity contribution in [3.63, 3.8) is 0 Å². The van der Waals surface area contributed by atoms with Crippen LogP contribution >= 0.6 is 0 Å². The van der Waals surface area contributed by atoms with Crippen LogP contribution < -0.4 is 5.32 Å². The largest absolute Gasteiger partial charge is 0.352 e. The van der Waals surface area contributed by atoms with Crippen LogP contribution in [0, 0.1) is 12.8 Å². The van der Waals surface area contributed by atoms with Crippen LogP contribution in [0.4, 0.5) is 0 Å². The predicted molar refractivity (Wildman–Crippen MR) is 104 cm³/mol. The van der Waals surface area contributed by atoms with E-state index in [0.29, 0.717) is 18.0 Å². The SMILES string of the molecule is Cc1ccc(CCNC(=O)c2ccc3c(c2)nc2n3CC[C@H](C)C2)cc1. The quantitative estimate of drug-likeness (QED) is 0.778. The topological polar surface area (TPSA) is 46.9 Å². The van der Waals surface area contributed by atoms with E-state index in [0.717, 1.165) is 36.2 Å². The first kappa shape index (κ1) is 16.8. The van der Waals surface area contributed by atoms with E-state index in [2.05, 4.69) is 48.0 Å². The number of nitrogens with one attached hydrogen (secondary N) is 1. The first-order chi connectivity index (χ1) is 12.6. The average Bonchev–Trinajstić information content (AvgIpc) is 2.99. The molecule has 0 spiro atoms. The molecule has 0 aliphatic carbocycles. The van der Waals surface area contributed by atoms with E-state index < -0.39 is 0 Å². The molecule has 0 radical (unpaired) electrons. The van der Waals surface area contributed by atoms with E-state index >= 15 is 0 Å². The molecule has 2 aromatic carbocycles. The number of amides is 1. The van der Waals surface area contributed by atoms with Gasteiger partial charge in [0.05, 0.1) is 11.0 Å². The maximum Gasteiger partial charge on any atom is 0.251 e. The molecule has 3 aromatic rings. The number of rotatable bonds is 4. The molecular formula is C22H25N3O. The molecule has 1 atom stereocenters. The monoisotopic (exact) mass is 347 g/mol. The van der Waals surface area contributed by atoms with E-state index in [-0.39, 0.29) is 5.91 Å². The van der Waals surface area contributed by atoms with Gasteiger partial charge in [-0.2, -0.15) is 0 Å². The molecule has 0 unspecified atom stereocenters. The zero-order valence-electron chi connectivity index (χ0n) is 15.5. The molecule has 1 aliphatic heterocycles. The maximum atomic E-state index is 12.5. The minimum atomic E-state index is -0.0293. The minimum Gasteiger partial charge on any atom is -0.352 e. The Morgan fingerprint density at radius 1 is 1.23 bits per heavy atom. The number of fused-ring (bicyclic) bond motifs is 3. The summed E-state index contributed by atoms with van der Waals surface area (Å²) >= 11 is 0. The Bertz CT molecular complexity index is 940. The van der Waals surface area contributed by atoms with Crippen LogP contribution in [0.25, 0.3) is 11.0 Å². The second kappa shape index (κ2) is 6.94. The molecule has 1 aromatic heterocycles. The van der Waals surface area contributed by atoms with Crippen LogP contribution in [0.5, 0.6) is 0 Å². The summed E-state index contributed by atoms with van der Waals surface area (Å²) in [5.74, 6) is 1.80. The van der Waals surface area contributed by atoms with Gasteiger partial charge < -0.3 is 9.88 Å². The van der Waals surface area contributed by atoms with Crippen LogP contribution in [0.1, 0.15) is 40.7 Å². The molecule has 1 amide bonds. The summed E-state index contributed by atoms with van der Waals surface area (Å²) in [6, 6.07) is 14.3. The fourth-order valence-corrected chi connectivity index (χ4v) is 3.67. The zero-order chi connectivity index (χ0) is 18.1. The van der Waals surface area contributed by atoms with Crippen molar-refractivity contribution in [3.05, 3.63) is 65.0 Å². The van der Waals surface area contributed by atoms with Crippen molar-refractivity contribution < 1.29 is 4.79 Å².